The summed E-state index contributed by atoms with van der Waals surface area (Å²) < 4.78 is 11.9. The highest BCUT2D eigenvalue weighted by Crippen LogP contribution is 2.28. The molecular weight excluding hydrogens is 276 g/mol. The third-order valence-corrected chi connectivity index (χ3v) is 3.01. The van der Waals surface area contributed by atoms with E-state index in [1.807, 2.05) is 0 Å². The quantitative estimate of drug-likeness (QED) is 0.850. The number of ether oxygens (including phenoxy) is 2. The second kappa shape index (κ2) is 6.21. The number of tetrazole rings is 1. The molecule has 2 aromatic rings. The molecule has 1 aromatic heterocycles. The van der Waals surface area contributed by atoms with Crippen molar-refractivity contribution in [2.45, 2.75) is 13.5 Å². The lowest BCUT2D eigenvalue weighted by Crippen LogP contribution is -2.18. The van der Waals surface area contributed by atoms with E-state index in [4.69, 9.17) is 14.6 Å². The third-order valence-electron chi connectivity index (χ3n) is 3.01. The maximum absolute atomic E-state index is 11.0. The number of carboxylic acids is 1. The maximum atomic E-state index is 11.0. The van der Waals surface area contributed by atoms with Crippen molar-refractivity contribution >= 4 is 5.97 Å². The summed E-state index contributed by atoms with van der Waals surface area (Å²) in [6.07, 6.45) is 0. The molecule has 0 aliphatic rings. The van der Waals surface area contributed by atoms with Crippen molar-refractivity contribution in [2.24, 2.45) is 5.92 Å². The molecule has 1 unspecified atom stereocenters. The molecule has 1 aromatic carbocycles. The van der Waals surface area contributed by atoms with Gasteiger partial charge in [-0.3, -0.25) is 4.79 Å². The summed E-state index contributed by atoms with van der Waals surface area (Å²) in [4.78, 5) is 11.0. The van der Waals surface area contributed by atoms with Gasteiger partial charge >= 0.3 is 5.97 Å². The van der Waals surface area contributed by atoms with Crippen molar-refractivity contribution in [3.8, 4) is 22.9 Å². The van der Waals surface area contributed by atoms with Gasteiger partial charge in [0.2, 0.25) is 0 Å². The molecule has 1 N–H and O–H groups in total. The van der Waals surface area contributed by atoms with Crippen LogP contribution < -0.4 is 9.47 Å². The van der Waals surface area contributed by atoms with Crippen LogP contribution in [-0.2, 0) is 11.3 Å². The summed E-state index contributed by atoms with van der Waals surface area (Å²) in [7, 11) is 3.10. The second-order valence-electron chi connectivity index (χ2n) is 4.53. The molecule has 0 saturated carbocycles. The van der Waals surface area contributed by atoms with E-state index < -0.39 is 11.9 Å². The Bertz CT molecular complexity index is 619. The smallest absolute Gasteiger partial charge is 0.308 e. The number of aromatic nitrogens is 4. The normalized spacial score (nSPS) is 12.0. The summed E-state index contributed by atoms with van der Waals surface area (Å²) in [5.74, 6) is 0.162. The van der Waals surface area contributed by atoms with Crippen LogP contribution in [0.1, 0.15) is 6.92 Å². The molecular formula is C13H16N4O4. The molecule has 0 amide bonds. The average molecular weight is 292 g/mol. The number of hydrogen-bond donors (Lipinski definition) is 1. The fraction of sp³-hybridized carbons (Fsp3) is 0.385. The first-order valence-corrected chi connectivity index (χ1v) is 6.27. The van der Waals surface area contributed by atoms with Gasteiger partial charge in [0, 0.05) is 11.6 Å². The second-order valence-corrected chi connectivity index (χ2v) is 4.53. The van der Waals surface area contributed by atoms with E-state index in [-0.39, 0.29) is 6.54 Å². The van der Waals surface area contributed by atoms with Crippen molar-refractivity contribution in [3.63, 3.8) is 0 Å². The molecule has 0 aliphatic heterocycles. The number of carbonyl (C=O) groups is 1. The third kappa shape index (κ3) is 3.28. The first-order chi connectivity index (χ1) is 10.0. The lowest BCUT2D eigenvalue weighted by Gasteiger charge is -2.10. The first kappa shape index (κ1) is 14.8. The van der Waals surface area contributed by atoms with E-state index in [9.17, 15) is 4.79 Å². The molecule has 0 fully saturated rings. The van der Waals surface area contributed by atoms with Crippen LogP contribution in [-0.4, -0.2) is 45.5 Å². The summed E-state index contributed by atoms with van der Waals surface area (Å²) in [5.41, 5.74) is 0.689. The molecule has 0 bridgehead atoms. The largest absolute Gasteiger partial charge is 0.497 e. The molecule has 112 valence electrons. The van der Waals surface area contributed by atoms with Gasteiger partial charge < -0.3 is 14.6 Å². The van der Waals surface area contributed by atoms with E-state index >= 15 is 0 Å². The minimum atomic E-state index is -0.903. The predicted octanol–water partition coefficient (Wildman–Crippen LogP) is 1.08. The van der Waals surface area contributed by atoms with Crippen molar-refractivity contribution in [3.05, 3.63) is 18.2 Å². The van der Waals surface area contributed by atoms with Crippen molar-refractivity contribution < 1.29 is 19.4 Å². The fourth-order valence-corrected chi connectivity index (χ4v) is 1.81. The van der Waals surface area contributed by atoms with E-state index in [1.165, 1.54) is 4.68 Å². The molecule has 21 heavy (non-hydrogen) atoms. The van der Waals surface area contributed by atoms with Gasteiger partial charge in [0.25, 0.3) is 0 Å². The molecule has 2 rings (SSSR count). The number of benzene rings is 1. The predicted molar refractivity (Wildman–Crippen MR) is 73.2 cm³/mol. The molecule has 0 radical (unpaired) electrons. The highest BCUT2D eigenvalue weighted by molar-refractivity contribution is 5.69. The number of aliphatic carboxylic acids is 1. The first-order valence-electron chi connectivity index (χ1n) is 6.27. The zero-order valence-electron chi connectivity index (χ0n) is 12.0. The Kier molecular flexibility index (Phi) is 4.36. The van der Waals surface area contributed by atoms with Crippen molar-refractivity contribution in [1.82, 2.24) is 20.2 Å². The van der Waals surface area contributed by atoms with E-state index in [0.717, 1.165) is 0 Å². The zero-order chi connectivity index (χ0) is 15.4. The number of rotatable bonds is 6. The Labute approximate surface area is 121 Å². The molecule has 8 heteroatoms. The monoisotopic (exact) mass is 292 g/mol. The fourth-order valence-electron chi connectivity index (χ4n) is 1.81. The molecule has 0 aliphatic carbocycles. The van der Waals surface area contributed by atoms with Gasteiger partial charge in [-0.2, -0.15) is 0 Å². The van der Waals surface area contributed by atoms with Gasteiger partial charge in [0.1, 0.15) is 11.5 Å². The zero-order valence-corrected chi connectivity index (χ0v) is 12.0. The molecule has 0 saturated heterocycles. The van der Waals surface area contributed by atoms with Crippen LogP contribution >= 0.6 is 0 Å². The summed E-state index contributed by atoms with van der Waals surface area (Å²) in [6, 6.07) is 5.25. The summed E-state index contributed by atoms with van der Waals surface area (Å²) >= 11 is 0. The van der Waals surface area contributed by atoms with Crippen LogP contribution in [0.5, 0.6) is 11.5 Å². The molecule has 8 nitrogen and oxygen atoms in total. The standard InChI is InChI=1S/C13H16N4O4/c1-8(13(18)19)7-17-12(14-15-16-17)9-4-10(20-2)6-11(5-9)21-3/h4-6,8H,7H2,1-3H3,(H,18,19). The molecule has 1 heterocycles. The highest BCUT2D eigenvalue weighted by Gasteiger charge is 2.17. The van der Waals surface area contributed by atoms with Crippen LogP contribution in [0, 0.1) is 5.92 Å². The number of hydrogen-bond acceptors (Lipinski definition) is 6. The minimum absolute atomic E-state index is 0.178. The number of nitrogens with zero attached hydrogens (tertiary/aromatic N) is 4. The number of carboxylic acid groups (broad SMARTS) is 1. The summed E-state index contributed by atoms with van der Waals surface area (Å²) in [6.45, 7) is 1.77. The Hall–Kier alpha value is -2.64. The lowest BCUT2D eigenvalue weighted by molar-refractivity contribution is -0.141. The van der Waals surface area contributed by atoms with Gasteiger partial charge in [-0.1, -0.05) is 6.92 Å². The molecule has 1 atom stereocenters. The highest BCUT2D eigenvalue weighted by atomic mass is 16.5. The van der Waals surface area contributed by atoms with E-state index in [0.29, 0.717) is 22.9 Å². The Morgan fingerprint density at radius 2 is 1.90 bits per heavy atom. The summed E-state index contributed by atoms with van der Waals surface area (Å²) in [5, 5.41) is 20.4. The Morgan fingerprint density at radius 3 is 2.43 bits per heavy atom. The van der Waals surface area contributed by atoms with Gasteiger partial charge in [0.05, 0.1) is 26.7 Å². The molecule has 0 spiro atoms. The SMILES string of the molecule is COc1cc(OC)cc(-c2nnnn2CC(C)C(=O)O)c1. The van der Waals surface area contributed by atoms with Crippen molar-refractivity contribution in [2.75, 3.05) is 14.2 Å². The van der Waals surface area contributed by atoms with Gasteiger partial charge in [-0.25, -0.2) is 4.68 Å². The Balaban J connectivity index is 2.38. The van der Waals surface area contributed by atoms with Gasteiger partial charge in [0.15, 0.2) is 5.82 Å². The van der Waals surface area contributed by atoms with Crippen LogP contribution in [0.3, 0.4) is 0 Å². The van der Waals surface area contributed by atoms with E-state index in [2.05, 4.69) is 15.5 Å². The van der Waals surface area contributed by atoms with Gasteiger partial charge in [-0.15, -0.1) is 5.10 Å². The van der Waals surface area contributed by atoms with Crippen LogP contribution in [0.25, 0.3) is 11.4 Å². The van der Waals surface area contributed by atoms with Gasteiger partial charge in [-0.05, 0) is 22.6 Å². The topological polar surface area (TPSA) is 99.4 Å². The number of methoxy groups -OCH3 is 2. The lowest BCUT2D eigenvalue weighted by atomic mass is 10.1. The van der Waals surface area contributed by atoms with Crippen LogP contribution in [0.4, 0.5) is 0 Å². The average Bonchev–Trinajstić information content (AvgIpc) is 2.94. The van der Waals surface area contributed by atoms with Crippen LogP contribution in [0.15, 0.2) is 18.2 Å². The van der Waals surface area contributed by atoms with E-state index in [1.54, 1.807) is 39.3 Å². The van der Waals surface area contributed by atoms with Crippen LogP contribution in [0.2, 0.25) is 0 Å². The minimum Gasteiger partial charge on any atom is -0.497 e. The van der Waals surface area contributed by atoms with Crippen molar-refractivity contribution in [1.29, 1.82) is 0 Å². The maximum Gasteiger partial charge on any atom is 0.308 e. The Morgan fingerprint density at radius 1 is 1.29 bits per heavy atom.